The van der Waals surface area contributed by atoms with Crippen LogP contribution in [0.25, 0.3) is 10.9 Å². The van der Waals surface area contributed by atoms with E-state index in [1.54, 1.807) is 25.3 Å². The van der Waals surface area contributed by atoms with E-state index >= 15 is 0 Å². The van der Waals surface area contributed by atoms with E-state index < -0.39 is 18.1 Å². The summed E-state index contributed by atoms with van der Waals surface area (Å²) in [6, 6.07) is 12.8. The van der Waals surface area contributed by atoms with Gasteiger partial charge in [0.2, 0.25) is 0 Å². The van der Waals surface area contributed by atoms with E-state index in [1.807, 2.05) is 56.8 Å². The molecular formula is C29H36F3N5O2S. The molecule has 4 N–H and O–H groups in total. The Morgan fingerprint density at radius 2 is 1.88 bits per heavy atom. The summed E-state index contributed by atoms with van der Waals surface area (Å²) in [5, 5.41) is 12.9. The fourth-order valence-electron chi connectivity index (χ4n) is 4.46. The number of halogens is 3. The van der Waals surface area contributed by atoms with Crippen molar-refractivity contribution in [2.45, 2.75) is 44.9 Å². The molecule has 1 amide bonds. The van der Waals surface area contributed by atoms with Crippen molar-refractivity contribution < 1.29 is 22.7 Å². The molecule has 0 aliphatic carbocycles. The van der Waals surface area contributed by atoms with Crippen LogP contribution in [0, 0.1) is 0 Å². The molecular weight excluding hydrogens is 539 g/mol. The summed E-state index contributed by atoms with van der Waals surface area (Å²) in [4.78, 5) is 18.0. The summed E-state index contributed by atoms with van der Waals surface area (Å²) in [5.41, 5.74) is 3.02. The highest BCUT2D eigenvalue weighted by Crippen LogP contribution is 2.36. The molecule has 0 bridgehead atoms. The number of thioether (sulfide) groups is 1. The first-order valence-electron chi connectivity index (χ1n) is 13.2. The number of rotatable bonds is 9. The van der Waals surface area contributed by atoms with Crippen molar-refractivity contribution in [3.05, 3.63) is 59.3 Å². The first-order chi connectivity index (χ1) is 18.9. The van der Waals surface area contributed by atoms with Crippen molar-refractivity contribution in [3.8, 4) is 5.75 Å². The largest absolute Gasteiger partial charge is 0.497 e. The monoisotopic (exact) mass is 575 g/mol. The van der Waals surface area contributed by atoms with Gasteiger partial charge in [-0.05, 0) is 46.9 Å². The van der Waals surface area contributed by atoms with Gasteiger partial charge < -0.3 is 26.0 Å². The number of alkyl halides is 3. The summed E-state index contributed by atoms with van der Waals surface area (Å²) in [6.07, 6.45) is -4.36. The van der Waals surface area contributed by atoms with E-state index in [9.17, 15) is 18.0 Å². The maximum Gasteiger partial charge on any atom is 0.405 e. The molecule has 0 radical (unpaired) electrons. The number of nitrogens with zero attached hydrogens (tertiary/aromatic N) is 1. The molecule has 1 aliphatic rings. The van der Waals surface area contributed by atoms with Crippen LogP contribution in [0.2, 0.25) is 0 Å². The van der Waals surface area contributed by atoms with Crippen LogP contribution in [-0.2, 0) is 12.0 Å². The van der Waals surface area contributed by atoms with Gasteiger partial charge in [-0.2, -0.15) is 24.9 Å². The van der Waals surface area contributed by atoms with E-state index in [2.05, 4.69) is 21.3 Å². The van der Waals surface area contributed by atoms with Crippen LogP contribution >= 0.6 is 11.8 Å². The first-order valence-corrected chi connectivity index (χ1v) is 14.3. The highest BCUT2D eigenvalue weighted by atomic mass is 32.2. The average Bonchev–Trinajstić information content (AvgIpc) is 2.92. The highest BCUT2D eigenvalue weighted by molar-refractivity contribution is 7.99. The zero-order valence-corrected chi connectivity index (χ0v) is 24.0. The summed E-state index contributed by atoms with van der Waals surface area (Å²) >= 11 is 1.85. The van der Waals surface area contributed by atoms with E-state index in [-0.39, 0.29) is 17.6 Å². The molecule has 0 spiro atoms. The number of nitrogens with one attached hydrogen (secondary N) is 4. The van der Waals surface area contributed by atoms with Crippen LogP contribution in [0.5, 0.6) is 5.75 Å². The number of benzene rings is 2. The van der Waals surface area contributed by atoms with Crippen molar-refractivity contribution in [2.24, 2.45) is 0 Å². The quantitative estimate of drug-likeness (QED) is 0.266. The lowest BCUT2D eigenvalue weighted by molar-refractivity contribution is -0.115. The lowest BCUT2D eigenvalue weighted by Gasteiger charge is -2.25. The Morgan fingerprint density at radius 3 is 2.50 bits per heavy atom. The van der Waals surface area contributed by atoms with Gasteiger partial charge in [0.1, 0.15) is 18.0 Å². The third kappa shape index (κ3) is 7.94. The standard InChI is InChI=1S/C29H36F3N5O2S/c1-28(2,3)23-12-19(36-17-29(30,31)32)11-22-24(34-14-18-5-7-21(39-4)8-6-18)13-25(37-26(22)23)27(38)35-15-20-16-40-10-9-33-20/h5-8,11-13,20,33,36H,9-10,14-17H2,1-4H3,(H,34,37)(H,35,38)/t20-/m1/s1. The number of pyridine rings is 1. The first kappa shape index (κ1) is 29.8. The lowest BCUT2D eigenvalue weighted by atomic mass is 9.84. The maximum absolute atomic E-state index is 13.3. The summed E-state index contributed by atoms with van der Waals surface area (Å²) < 4.78 is 44.3. The van der Waals surface area contributed by atoms with Gasteiger partial charge in [-0.25, -0.2) is 4.98 Å². The molecule has 0 saturated carbocycles. The molecule has 40 heavy (non-hydrogen) atoms. The molecule has 2 aromatic carbocycles. The third-order valence-electron chi connectivity index (χ3n) is 6.60. The predicted octanol–water partition coefficient (Wildman–Crippen LogP) is 5.56. The topological polar surface area (TPSA) is 87.3 Å². The van der Waals surface area contributed by atoms with Crippen LogP contribution in [-0.4, -0.2) is 61.4 Å². The summed E-state index contributed by atoms with van der Waals surface area (Å²) in [5.74, 6) is 2.40. The number of aromatic nitrogens is 1. The Hall–Kier alpha value is -3.18. The molecule has 1 aliphatic heterocycles. The fraction of sp³-hybridized carbons (Fsp3) is 0.448. The van der Waals surface area contributed by atoms with Gasteiger partial charge in [-0.1, -0.05) is 32.9 Å². The van der Waals surface area contributed by atoms with Crippen molar-refractivity contribution in [2.75, 3.05) is 48.9 Å². The molecule has 0 unspecified atom stereocenters. The number of methoxy groups -OCH3 is 1. The fourth-order valence-corrected chi connectivity index (χ4v) is 5.41. The minimum Gasteiger partial charge on any atom is -0.497 e. The van der Waals surface area contributed by atoms with Crippen LogP contribution < -0.4 is 26.0 Å². The Balaban J connectivity index is 1.73. The minimum absolute atomic E-state index is 0.184. The van der Waals surface area contributed by atoms with E-state index in [0.717, 1.165) is 34.9 Å². The van der Waals surface area contributed by atoms with Crippen molar-refractivity contribution >= 4 is 39.9 Å². The summed E-state index contributed by atoms with van der Waals surface area (Å²) in [6.45, 7) is 6.57. The number of fused-ring (bicyclic) bond motifs is 1. The zero-order chi connectivity index (χ0) is 28.9. The van der Waals surface area contributed by atoms with Crippen molar-refractivity contribution in [3.63, 3.8) is 0 Å². The molecule has 7 nitrogen and oxygen atoms in total. The lowest BCUT2D eigenvalue weighted by Crippen LogP contribution is -2.45. The molecule has 1 atom stereocenters. The molecule has 11 heteroatoms. The number of carbonyl (C=O) groups excluding carboxylic acids is 1. The van der Waals surface area contributed by atoms with Gasteiger partial charge in [0, 0.05) is 53.9 Å². The number of hydrogen-bond acceptors (Lipinski definition) is 7. The van der Waals surface area contributed by atoms with Gasteiger partial charge in [-0.15, -0.1) is 0 Å². The number of anilines is 2. The Labute approximate surface area is 237 Å². The zero-order valence-electron chi connectivity index (χ0n) is 23.2. The number of hydrogen-bond donors (Lipinski definition) is 4. The second-order valence-corrected chi connectivity index (χ2v) is 12.0. The van der Waals surface area contributed by atoms with E-state index in [4.69, 9.17) is 9.72 Å². The average molecular weight is 576 g/mol. The predicted molar refractivity (Wildman–Crippen MR) is 157 cm³/mol. The number of carbonyl (C=O) groups is 1. The van der Waals surface area contributed by atoms with E-state index in [0.29, 0.717) is 35.4 Å². The van der Waals surface area contributed by atoms with Gasteiger partial charge in [-0.3, -0.25) is 4.79 Å². The number of ether oxygens (including phenoxy) is 1. The van der Waals surface area contributed by atoms with Crippen LogP contribution in [0.15, 0.2) is 42.5 Å². The molecule has 3 aromatic rings. The van der Waals surface area contributed by atoms with Gasteiger partial charge >= 0.3 is 6.18 Å². The summed E-state index contributed by atoms with van der Waals surface area (Å²) in [7, 11) is 1.60. The Kier molecular flexibility index (Phi) is 9.35. The Bertz CT molecular complexity index is 1320. The van der Waals surface area contributed by atoms with Crippen molar-refractivity contribution in [1.82, 2.24) is 15.6 Å². The normalized spacial score (nSPS) is 16.0. The molecule has 1 saturated heterocycles. The second-order valence-electron chi connectivity index (χ2n) is 10.8. The molecule has 2 heterocycles. The third-order valence-corrected chi connectivity index (χ3v) is 7.73. The highest BCUT2D eigenvalue weighted by Gasteiger charge is 2.28. The van der Waals surface area contributed by atoms with Gasteiger partial charge in [0.15, 0.2) is 0 Å². The molecule has 216 valence electrons. The van der Waals surface area contributed by atoms with Gasteiger partial charge in [0.25, 0.3) is 5.91 Å². The molecule has 1 aromatic heterocycles. The smallest absolute Gasteiger partial charge is 0.405 e. The molecule has 1 fully saturated rings. The van der Waals surface area contributed by atoms with Crippen LogP contribution in [0.3, 0.4) is 0 Å². The van der Waals surface area contributed by atoms with Crippen molar-refractivity contribution in [1.29, 1.82) is 0 Å². The second kappa shape index (κ2) is 12.6. The van der Waals surface area contributed by atoms with Crippen LogP contribution in [0.1, 0.15) is 42.4 Å². The minimum atomic E-state index is -4.36. The maximum atomic E-state index is 13.3. The van der Waals surface area contributed by atoms with E-state index in [1.165, 1.54) is 0 Å². The number of amides is 1. The molecule has 4 rings (SSSR count). The van der Waals surface area contributed by atoms with Crippen LogP contribution in [0.4, 0.5) is 24.5 Å². The Morgan fingerprint density at radius 1 is 1.12 bits per heavy atom. The van der Waals surface area contributed by atoms with Gasteiger partial charge in [0.05, 0.1) is 12.6 Å². The SMILES string of the molecule is COc1ccc(CNc2cc(C(=O)NC[C@@H]3CSCCN3)nc3c(C(C)(C)C)cc(NCC(F)(F)F)cc23)cc1.